The number of esters is 2. The Kier molecular flexibility index (Phi) is 6.66. The second kappa shape index (κ2) is 9.49. The van der Waals surface area contributed by atoms with E-state index in [-0.39, 0.29) is 17.5 Å². The molecule has 6 rings (SSSR count). The van der Waals surface area contributed by atoms with Gasteiger partial charge in [-0.2, -0.15) is 0 Å². The summed E-state index contributed by atoms with van der Waals surface area (Å²) in [5.74, 6) is -0.362. The summed E-state index contributed by atoms with van der Waals surface area (Å²) >= 11 is 8.11. The molecule has 6 nitrogen and oxygen atoms in total. The fraction of sp³-hybridized carbons (Fsp3) is 0.536. The van der Waals surface area contributed by atoms with Gasteiger partial charge in [-0.1, -0.05) is 23.8 Å². The Morgan fingerprint density at radius 1 is 1.08 bits per heavy atom. The third-order valence-corrected chi connectivity index (χ3v) is 9.29. The Balaban J connectivity index is 1.30. The van der Waals surface area contributed by atoms with Crippen LogP contribution in [0.25, 0.3) is 11.1 Å². The minimum absolute atomic E-state index is 0.220. The van der Waals surface area contributed by atoms with E-state index in [0.29, 0.717) is 34.4 Å². The zero-order valence-electron chi connectivity index (χ0n) is 20.9. The first-order valence-electron chi connectivity index (χ1n) is 12.6. The van der Waals surface area contributed by atoms with Gasteiger partial charge in [0.1, 0.15) is 10.6 Å². The molecular weight excluding hydrogens is 498 g/mol. The van der Waals surface area contributed by atoms with Crippen molar-refractivity contribution < 1.29 is 23.9 Å². The fourth-order valence-electron chi connectivity index (χ4n) is 7.01. The molecule has 4 saturated carbocycles. The van der Waals surface area contributed by atoms with Crippen molar-refractivity contribution in [1.29, 1.82) is 0 Å². The number of rotatable bonds is 7. The number of aryl methyl sites for hydroxylation is 2. The van der Waals surface area contributed by atoms with E-state index in [9.17, 15) is 14.4 Å². The SMILES string of the molecule is CCOC(=O)c1c(-c2ccc(C)cc2C)csc1NC(=O)COC(=O)C12C[C@H]3C[C@@H](CC(Cl)(C3)C1)C2. The molecule has 2 atom stereocenters. The second-order valence-corrected chi connectivity index (χ2v) is 12.6. The van der Waals surface area contributed by atoms with E-state index in [2.05, 4.69) is 11.4 Å². The molecule has 2 aromatic rings. The smallest absolute Gasteiger partial charge is 0.341 e. The van der Waals surface area contributed by atoms with E-state index in [1.807, 2.05) is 31.4 Å². The first-order valence-corrected chi connectivity index (χ1v) is 13.9. The topological polar surface area (TPSA) is 81.7 Å². The lowest BCUT2D eigenvalue weighted by atomic mass is 9.49. The monoisotopic (exact) mass is 529 g/mol. The number of hydrogen-bond acceptors (Lipinski definition) is 6. The molecule has 0 unspecified atom stereocenters. The molecule has 1 N–H and O–H groups in total. The molecule has 192 valence electrons. The summed E-state index contributed by atoms with van der Waals surface area (Å²) in [7, 11) is 0. The molecule has 8 heteroatoms. The van der Waals surface area contributed by atoms with E-state index in [1.165, 1.54) is 11.3 Å². The Hall–Kier alpha value is -2.38. The van der Waals surface area contributed by atoms with Crippen molar-refractivity contribution in [2.75, 3.05) is 18.5 Å². The highest BCUT2D eigenvalue weighted by Gasteiger charge is 2.60. The van der Waals surface area contributed by atoms with Gasteiger partial charge in [-0.25, -0.2) is 4.79 Å². The quantitative estimate of drug-likeness (QED) is 0.338. The molecule has 1 amide bonds. The summed E-state index contributed by atoms with van der Waals surface area (Å²) in [4.78, 5) is 38.6. The van der Waals surface area contributed by atoms with Gasteiger partial charge in [0.15, 0.2) is 6.61 Å². The van der Waals surface area contributed by atoms with Gasteiger partial charge in [-0.3, -0.25) is 9.59 Å². The third-order valence-electron chi connectivity index (χ3n) is 7.95. The molecule has 4 aliphatic carbocycles. The fourth-order valence-corrected chi connectivity index (χ4v) is 8.66. The number of thiophene rings is 1. The van der Waals surface area contributed by atoms with Gasteiger partial charge in [-0.05, 0) is 82.3 Å². The lowest BCUT2D eigenvalue weighted by molar-refractivity contribution is -0.171. The van der Waals surface area contributed by atoms with Crippen molar-refractivity contribution in [1.82, 2.24) is 0 Å². The number of nitrogens with one attached hydrogen (secondary N) is 1. The lowest BCUT2D eigenvalue weighted by Crippen LogP contribution is -2.56. The highest BCUT2D eigenvalue weighted by molar-refractivity contribution is 7.15. The van der Waals surface area contributed by atoms with E-state index < -0.39 is 23.9 Å². The summed E-state index contributed by atoms with van der Waals surface area (Å²) in [5, 5.41) is 5.02. The highest BCUT2D eigenvalue weighted by Crippen LogP contribution is 2.64. The van der Waals surface area contributed by atoms with Gasteiger partial charge >= 0.3 is 11.9 Å². The predicted molar refractivity (Wildman–Crippen MR) is 140 cm³/mol. The van der Waals surface area contributed by atoms with E-state index in [1.54, 1.807) is 6.92 Å². The molecule has 0 saturated heterocycles. The van der Waals surface area contributed by atoms with Crippen LogP contribution in [-0.4, -0.2) is 35.9 Å². The van der Waals surface area contributed by atoms with Gasteiger partial charge in [0, 0.05) is 15.8 Å². The minimum Gasteiger partial charge on any atom is -0.462 e. The van der Waals surface area contributed by atoms with Gasteiger partial charge in [0.2, 0.25) is 0 Å². The number of ether oxygens (including phenoxy) is 2. The van der Waals surface area contributed by atoms with Crippen LogP contribution >= 0.6 is 22.9 Å². The molecule has 1 aromatic heterocycles. The Morgan fingerprint density at radius 3 is 2.44 bits per heavy atom. The maximum atomic E-state index is 13.2. The van der Waals surface area contributed by atoms with Crippen molar-refractivity contribution in [3.63, 3.8) is 0 Å². The number of benzene rings is 1. The molecule has 4 fully saturated rings. The average molecular weight is 530 g/mol. The van der Waals surface area contributed by atoms with Crippen molar-refractivity contribution >= 4 is 45.8 Å². The number of hydrogen-bond donors (Lipinski definition) is 1. The lowest BCUT2D eigenvalue weighted by Gasteiger charge is -2.58. The summed E-state index contributed by atoms with van der Waals surface area (Å²) in [6, 6.07) is 6.01. The summed E-state index contributed by atoms with van der Waals surface area (Å²) in [5.41, 5.74) is 3.52. The normalized spacial score (nSPS) is 28.1. The van der Waals surface area contributed by atoms with Crippen LogP contribution in [0.15, 0.2) is 23.6 Å². The van der Waals surface area contributed by atoms with Crippen LogP contribution in [0, 0.1) is 31.1 Å². The van der Waals surface area contributed by atoms with Gasteiger partial charge < -0.3 is 14.8 Å². The predicted octanol–water partition coefficient (Wildman–Crippen LogP) is 6.27. The Bertz CT molecular complexity index is 1210. The van der Waals surface area contributed by atoms with Crippen LogP contribution in [0.2, 0.25) is 0 Å². The van der Waals surface area contributed by atoms with Crippen molar-refractivity contribution in [2.24, 2.45) is 17.3 Å². The number of amides is 1. The number of anilines is 1. The van der Waals surface area contributed by atoms with E-state index >= 15 is 0 Å². The molecular formula is C28H32ClNO5S. The van der Waals surface area contributed by atoms with Gasteiger partial charge in [0.25, 0.3) is 5.91 Å². The maximum Gasteiger partial charge on any atom is 0.341 e. The van der Waals surface area contributed by atoms with Crippen LogP contribution in [-0.2, 0) is 19.1 Å². The molecule has 0 aliphatic heterocycles. The van der Waals surface area contributed by atoms with Crippen LogP contribution < -0.4 is 5.32 Å². The Labute approximate surface area is 220 Å². The van der Waals surface area contributed by atoms with Crippen LogP contribution in [0.1, 0.15) is 66.9 Å². The molecule has 0 radical (unpaired) electrons. The van der Waals surface area contributed by atoms with Gasteiger partial charge in [-0.15, -0.1) is 22.9 Å². The number of carbonyl (C=O) groups excluding carboxylic acids is 3. The van der Waals surface area contributed by atoms with Crippen molar-refractivity contribution in [2.45, 2.75) is 64.2 Å². The molecule has 4 aliphatic rings. The van der Waals surface area contributed by atoms with Crippen molar-refractivity contribution in [3.8, 4) is 11.1 Å². The minimum atomic E-state index is -0.568. The zero-order chi connectivity index (χ0) is 25.7. The van der Waals surface area contributed by atoms with E-state index in [4.69, 9.17) is 21.1 Å². The maximum absolute atomic E-state index is 13.2. The van der Waals surface area contributed by atoms with Crippen LogP contribution in [0.4, 0.5) is 5.00 Å². The highest BCUT2D eigenvalue weighted by atomic mass is 35.5. The third kappa shape index (κ3) is 4.68. The largest absolute Gasteiger partial charge is 0.462 e. The standard InChI is InChI=1S/C28H32ClNO5S/c1-4-34-25(32)23-21(20-6-5-16(2)7-17(20)3)14-36-24(23)30-22(31)13-35-26(33)27-9-18-8-19(10-27)12-28(29,11-18)15-27/h5-7,14,18-19H,4,8-13,15H2,1-3H3,(H,30,31)/t18-,19-,27?,28?/m1/s1. The molecule has 1 heterocycles. The van der Waals surface area contributed by atoms with Crippen molar-refractivity contribution in [3.05, 3.63) is 40.3 Å². The second-order valence-electron chi connectivity index (χ2n) is 10.9. The summed E-state index contributed by atoms with van der Waals surface area (Å²) < 4.78 is 10.9. The molecule has 1 aromatic carbocycles. The molecule has 4 bridgehead atoms. The summed E-state index contributed by atoms with van der Waals surface area (Å²) in [6.07, 6.45) is 5.32. The van der Waals surface area contributed by atoms with Crippen LogP contribution in [0.3, 0.4) is 0 Å². The number of halogens is 1. The number of carbonyl (C=O) groups is 3. The first-order chi connectivity index (χ1) is 17.1. The molecule has 0 spiro atoms. The van der Waals surface area contributed by atoms with Crippen LogP contribution in [0.5, 0.6) is 0 Å². The average Bonchev–Trinajstić information content (AvgIpc) is 3.19. The first kappa shape index (κ1) is 25.3. The Morgan fingerprint density at radius 2 is 1.81 bits per heavy atom. The molecule has 36 heavy (non-hydrogen) atoms. The zero-order valence-corrected chi connectivity index (χ0v) is 22.5. The summed E-state index contributed by atoms with van der Waals surface area (Å²) in [6.45, 7) is 5.57. The number of alkyl halides is 1. The van der Waals surface area contributed by atoms with E-state index in [0.717, 1.165) is 48.8 Å². The van der Waals surface area contributed by atoms with Gasteiger partial charge in [0.05, 0.1) is 12.0 Å².